The molecule has 42 heavy (non-hydrogen) atoms. The second-order valence-corrected chi connectivity index (χ2v) is 11.7. The molecular formula is C33H38N6O3. The van der Waals surface area contributed by atoms with E-state index in [-0.39, 0.29) is 22.9 Å². The van der Waals surface area contributed by atoms with Crippen LogP contribution in [0.25, 0.3) is 11.0 Å². The number of aryl methyl sites for hydroxylation is 1. The minimum Gasteiger partial charge on any atom is -0.389 e. The monoisotopic (exact) mass is 566 g/mol. The third-order valence-corrected chi connectivity index (χ3v) is 8.98. The Bertz CT molecular complexity index is 1650. The molecule has 9 nitrogen and oxygen atoms in total. The predicted molar refractivity (Wildman–Crippen MR) is 165 cm³/mol. The van der Waals surface area contributed by atoms with E-state index in [9.17, 15) is 14.7 Å². The maximum atomic E-state index is 13.5. The number of carbonyl (C=O) groups excluding carboxylic acids is 1. The summed E-state index contributed by atoms with van der Waals surface area (Å²) in [5.41, 5.74) is 4.51. The molecule has 1 aliphatic carbocycles. The van der Waals surface area contributed by atoms with Crippen molar-refractivity contribution in [2.45, 2.75) is 77.4 Å². The Morgan fingerprint density at radius 2 is 1.71 bits per heavy atom. The van der Waals surface area contributed by atoms with Gasteiger partial charge in [-0.25, -0.2) is 9.97 Å². The van der Waals surface area contributed by atoms with Crippen LogP contribution in [0.1, 0.15) is 97.5 Å². The van der Waals surface area contributed by atoms with E-state index < -0.39 is 6.10 Å². The van der Waals surface area contributed by atoms with E-state index >= 15 is 0 Å². The van der Waals surface area contributed by atoms with Gasteiger partial charge in [-0.2, -0.15) is 4.98 Å². The molecule has 4 aromatic rings. The lowest BCUT2D eigenvalue weighted by Crippen LogP contribution is -2.32. The first-order valence-electron chi connectivity index (χ1n) is 15.0. The lowest BCUT2D eigenvalue weighted by molar-refractivity contribution is 0.101. The maximum Gasteiger partial charge on any atom is 0.263 e. The first-order valence-corrected chi connectivity index (χ1v) is 15.0. The highest BCUT2D eigenvalue weighted by molar-refractivity contribution is 5.99. The number of aliphatic hydroxyl groups is 1. The molecule has 0 bridgehead atoms. The van der Waals surface area contributed by atoms with Crippen LogP contribution in [0.4, 0.5) is 17.5 Å². The molecule has 0 amide bonds. The van der Waals surface area contributed by atoms with Crippen LogP contribution >= 0.6 is 0 Å². The number of ketones is 1. The first kappa shape index (κ1) is 28.0. The van der Waals surface area contributed by atoms with Crippen molar-refractivity contribution in [3.63, 3.8) is 0 Å². The van der Waals surface area contributed by atoms with Crippen molar-refractivity contribution in [2.75, 3.05) is 23.3 Å². The Morgan fingerprint density at radius 1 is 1.00 bits per heavy atom. The number of rotatable bonds is 7. The molecule has 218 valence electrons. The van der Waals surface area contributed by atoms with Crippen LogP contribution in [0.3, 0.4) is 0 Å². The lowest BCUT2D eigenvalue weighted by atomic mass is 9.90. The zero-order valence-electron chi connectivity index (χ0n) is 24.5. The molecule has 2 N–H and O–H groups in total. The number of anilines is 3. The van der Waals surface area contributed by atoms with Crippen LogP contribution in [-0.2, 0) is 0 Å². The molecule has 9 heteroatoms. The number of carbonyl (C=O) groups is 1. The van der Waals surface area contributed by atoms with Gasteiger partial charge in [0.15, 0.2) is 5.78 Å². The van der Waals surface area contributed by atoms with Crippen molar-refractivity contribution in [2.24, 2.45) is 0 Å². The van der Waals surface area contributed by atoms with Crippen LogP contribution in [0.5, 0.6) is 0 Å². The van der Waals surface area contributed by atoms with Gasteiger partial charge in [0.2, 0.25) is 5.95 Å². The van der Waals surface area contributed by atoms with Gasteiger partial charge >= 0.3 is 0 Å². The molecule has 4 heterocycles. The fourth-order valence-corrected chi connectivity index (χ4v) is 6.58. The van der Waals surface area contributed by atoms with Crippen LogP contribution in [-0.4, -0.2) is 43.5 Å². The van der Waals surface area contributed by atoms with Gasteiger partial charge in [-0.1, -0.05) is 31.0 Å². The number of pyridine rings is 2. The quantitative estimate of drug-likeness (QED) is 0.262. The van der Waals surface area contributed by atoms with E-state index in [1.807, 2.05) is 24.4 Å². The molecular weight excluding hydrogens is 528 g/mol. The van der Waals surface area contributed by atoms with Crippen LogP contribution in [0.15, 0.2) is 53.6 Å². The Morgan fingerprint density at radius 3 is 2.33 bits per heavy atom. The molecule has 6 rings (SSSR count). The summed E-state index contributed by atoms with van der Waals surface area (Å²) in [6.45, 7) is 6.97. The average molecular weight is 567 g/mol. The van der Waals surface area contributed by atoms with Crippen molar-refractivity contribution >= 4 is 34.3 Å². The number of nitrogens with one attached hydrogen (secondary N) is 1. The number of hydrogen-bond acceptors (Lipinski definition) is 8. The largest absolute Gasteiger partial charge is 0.389 e. The summed E-state index contributed by atoms with van der Waals surface area (Å²) in [6, 6.07) is 12.3. The average Bonchev–Trinajstić information content (AvgIpc) is 3.52. The molecule has 2 aliphatic rings. The van der Waals surface area contributed by atoms with Gasteiger partial charge in [0.1, 0.15) is 11.5 Å². The fraction of sp³-hybridized carbons (Fsp3) is 0.424. The summed E-state index contributed by atoms with van der Waals surface area (Å²) in [6.07, 6.45) is 9.19. The van der Waals surface area contributed by atoms with Gasteiger partial charge in [0.25, 0.3) is 5.56 Å². The van der Waals surface area contributed by atoms with Crippen molar-refractivity contribution in [3.05, 3.63) is 81.4 Å². The zero-order valence-corrected chi connectivity index (χ0v) is 24.5. The first-order chi connectivity index (χ1) is 20.3. The Kier molecular flexibility index (Phi) is 7.77. The number of piperidine rings is 1. The summed E-state index contributed by atoms with van der Waals surface area (Å²) in [4.78, 5) is 42.2. The SMILES string of the molecule is CC(=O)c1c(C)c2cnc(Nc3ccc(C4CCN(c5ccc([C@@H](C)O)cc5)CC4)cn3)nc2n(C2CCCC2)c1=O. The molecule has 3 aromatic heterocycles. The van der Waals surface area contributed by atoms with Crippen molar-refractivity contribution in [1.82, 2.24) is 19.5 Å². The van der Waals surface area contributed by atoms with E-state index in [2.05, 4.69) is 38.4 Å². The van der Waals surface area contributed by atoms with Gasteiger partial charge in [0.05, 0.1) is 11.7 Å². The number of Topliss-reactive ketones (excluding diaryl/α,β-unsaturated/α-hetero) is 1. The predicted octanol–water partition coefficient (Wildman–Crippen LogP) is 5.99. The van der Waals surface area contributed by atoms with Crippen LogP contribution in [0.2, 0.25) is 0 Å². The lowest BCUT2D eigenvalue weighted by Gasteiger charge is -2.34. The molecule has 2 fully saturated rings. The van der Waals surface area contributed by atoms with E-state index in [1.54, 1.807) is 24.6 Å². The molecule has 1 aromatic carbocycles. The molecule has 1 saturated heterocycles. The van der Waals surface area contributed by atoms with Crippen molar-refractivity contribution in [1.29, 1.82) is 0 Å². The third kappa shape index (κ3) is 5.41. The Hall–Kier alpha value is -4.11. The molecule has 0 radical (unpaired) electrons. The minimum absolute atomic E-state index is 0.0360. The van der Waals surface area contributed by atoms with Crippen LogP contribution < -0.4 is 15.8 Å². The smallest absolute Gasteiger partial charge is 0.263 e. The highest BCUT2D eigenvalue weighted by Gasteiger charge is 2.26. The molecule has 1 saturated carbocycles. The van der Waals surface area contributed by atoms with Crippen LogP contribution in [0, 0.1) is 6.92 Å². The number of nitrogens with zero attached hydrogens (tertiary/aromatic N) is 5. The standard InChI is InChI=1S/C33H38N6O3/c1-20-28-19-35-33(37-31(28)39(27-6-4-5-7-27)32(42)30(20)22(3)41)36-29-13-10-25(18-34-29)24-14-16-38(17-15-24)26-11-8-23(9-12-26)21(2)40/h8-13,18-19,21,24,27,40H,4-7,14-17H2,1-3H3,(H,34,35,36,37)/t21-/m1/s1. The maximum absolute atomic E-state index is 13.5. The van der Waals surface area contributed by atoms with E-state index in [4.69, 9.17) is 4.98 Å². The molecule has 1 aliphatic heterocycles. The van der Waals surface area contributed by atoms with E-state index in [1.165, 1.54) is 18.2 Å². The number of aromatic nitrogens is 4. The summed E-state index contributed by atoms with van der Waals surface area (Å²) in [5, 5.41) is 13.7. The fourth-order valence-electron chi connectivity index (χ4n) is 6.58. The Balaban J connectivity index is 1.18. The van der Waals surface area contributed by atoms with Crippen molar-refractivity contribution in [3.8, 4) is 0 Å². The topological polar surface area (TPSA) is 113 Å². The van der Waals surface area contributed by atoms with Gasteiger partial charge in [-0.05, 0) is 87.3 Å². The van der Waals surface area contributed by atoms with Crippen molar-refractivity contribution < 1.29 is 9.90 Å². The van der Waals surface area contributed by atoms with E-state index in [0.29, 0.717) is 28.9 Å². The molecule has 0 spiro atoms. The number of fused-ring (bicyclic) bond motifs is 1. The number of hydrogen-bond donors (Lipinski definition) is 2. The summed E-state index contributed by atoms with van der Waals surface area (Å²) in [7, 11) is 0. The highest BCUT2D eigenvalue weighted by Crippen LogP contribution is 2.33. The second kappa shape index (κ2) is 11.6. The summed E-state index contributed by atoms with van der Waals surface area (Å²) in [5.74, 6) is 1.23. The number of benzene rings is 1. The molecule has 0 unspecified atom stereocenters. The second-order valence-electron chi connectivity index (χ2n) is 11.7. The summed E-state index contributed by atoms with van der Waals surface area (Å²) < 4.78 is 1.73. The number of aliphatic hydroxyl groups excluding tert-OH is 1. The van der Waals surface area contributed by atoms with Gasteiger partial charge in [0, 0.05) is 42.6 Å². The van der Waals surface area contributed by atoms with Gasteiger partial charge in [-0.15, -0.1) is 0 Å². The zero-order chi connectivity index (χ0) is 29.4. The normalized spacial score (nSPS) is 17.1. The van der Waals surface area contributed by atoms with E-state index in [0.717, 1.165) is 62.6 Å². The molecule has 1 atom stereocenters. The third-order valence-electron chi connectivity index (χ3n) is 8.98. The van der Waals surface area contributed by atoms with Gasteiger partial charge in [-0.3, -0.25) is 14.2 Å². The minimum atomic E-state index is -0.452. The van der Waals surface area contributed by atoms with Gasteiger partial charge < -0.3 is 15.3 Å². The highest BCUT2D eigenvalue weighted by atomic mass is 16.3. The Labute approximate surface area is 245 Å². The summed E-state index contributed by atoms with van der Waals surface area (Å²) >= 11 is 0.